The lowest BCUT2D eigenvalue weighted by Crippen LogP contribution is -2.50. The van der Waals surface area contributed by atoms with Gasteiger partial charge in [0.1, 0.15) is 6.10 Å². The van der Waals surface area contributed by atoms with Crippen LogP contribution in [0, 0.1) is 35.0 Å². The zero-order chi connectivity index (χ0) is 20.9. The third-order valence-electron chi connectivity index (χ3n) is 9.70. The molecule has 1 heterocycles. The van der Waals surface area contributed by atoms with Crippen LogP contribution >= 0.6 is 0 Å². The highest BCUT2D eigenvalue weighted by atomic mass is 16.5. The van der Waals surface area contributed by atoms with E-state index in [0.717, 1.165) is 41.6 Å². The summed E-state index contributed by atoms with van der Waals surface area (Å²) in [6.07, 6.45) is 18.7. The van der Waals surface area contributed by atoms with Gasteiger partial charge in [-0.25, -0.2) is 4.79 Å². The molecule has 5 rings (SSSR count). The lowest BCUT2D eigenvalue weighted by atomic mass is 9.50. The molecule has 8 unspecified atom stereocenters. The highest BCUT2D eigenvalue weighted by molar-refractivity contribution is 5.89. The summed E-state index contributed by atoms with van der Waals surface area (Å²) in [5.41, 5.74) is 0.959. The zero-order valence-corrected chi connectivity index (χ0v) is 19.0. The number of hydrogen-bond donors (Lipinski definition) is 0. The molecule has 0 saturated heterocycles. The van der Waals surface area contributed by atoms with E-state index in [1.165, 1.54) is 51.4 Å². The van der Waals surface area contributed by atoms with Crippen LogP contribution in [0.25, 0.3) is 0 Å². The molecule has 30 heavy (non-hydrogen) atoms. The van der Waals surface area contributed by atoms with Gasteiger partial charge in [-0.1, -0.05) is 13.0 Å². The van der Waals surface area contributed by atoms with E-state index in [1.54, 1.807) is 0 Å². The Bertz CT molecular complexity index is 730. The summed E-state index contributed by atoms with van der Waals surface area (Å²) >= 11 is 0. The molecule has 0 aromatic carbocycles. The Kier molecular flexibility index (Phi) is 5.49. The predicted octanol–water partition coefficient (Wildman–Crippen LogP) is 5.30. The van der Waals surface area contributed by atoms with Gasteiger partial charge in [0.15, 0.2) is 0 Å². The van der Waals surface area contributed by atoms with Gasteiger partial charge < -0.3 is 14.4 Å². The fourth-order valence-electron chi connectivity index (χ4n) is 8.20. The molecule has 4 heteroatoms. The summed E-state index contributed by atoms with van der Waals surface area (Å²) < 4.78 is 11.9. The first-order valence-corrected chi connectivity index (χ1v) is 12.3. The summed E-state index contributed by atoms with van der Waals surface area (Å²) in [7, 11) is 3.86. The number of carbonyl (C=O) groups excluding carboxylic acids is 1. The summed E-state index contributed by atoms with van der Waals surface area (Å²) in [6.45, 7) is 2.44. The standard InChI is InChI=1S/C26H39NO3/c1-26-13-12-21-20-9-7-19(29-3)15-17(20)6-8-22(21)23(26)10-11-24(26)30-25(28)18-5-4-14-27(2)16-18/h4,14,16-17,19-24H,5-13,15H2,1-3H3. The fraction of sp³-hybridized carbons (Fsp3) is 0.808. The van der Waals surface area contributed by atoms with Crippen LogP contribution in [0.2, 0.25) is 0 Å². The highest BCUT2D eigenvalue weighted by Crippen LogP contribution is 2.63. The van der Waals surface area contributed by atoms with Crippen LogP contribution < -0.4 is 0 Å². The van der Waals surface area contributed by atoms with Gasteiger partial charge in [0.2, 0.25) is 0 Å². The largest absolute Gasteiger partial charge is 0.458 e. The molecule has 8 atom stereocenters. The molecule has 0 aromatic rings. The maximum absolute atomic E-state index is 12.9. The summed E-state index contributed by atoms with van der Waals surface area (Å²) in [4.78, 5) is 14.8. The van der Waals surface area contributed by atoms with E-state index in [1.807, 2.05) is 37.5 Å². The minimum Gasteiger partial charge on any atom is -0.458 e. The Balaban J connectivity index is 1.27. The number of fused-ring (bicyclic) bond motifs is 5. The number of allylic oxidation sites excluding steroid dienone is 1. The van der Waals surface area contributed by atoms with Crippen molar-refractivity contribution >= 4 is 5.97 Å². The minimum atomic E-state index is -0.0956. The Morgan fingerprint density at radius 1 is 1.07 bits per heavy atom. The molecule has 4 aliphatic carbocycles. The summed E-state index contributed by atoms with van der Waals surface area (Å²) in [5, 5.41) is 0. The lowest BCUT2D eigenvalue weighted by Gasteiger charge is -2.55. The molecular formula is C26H39NO3. The molecule has 4 fully saturated rings. The number of esters is 1. The van der Waals surface area contributed by atoms with Gasteiger partial charge in [-0.05, 0) is 93.6 Å². The normalized spacial score (nSPS) is 45.2. The van der Waals surface area contributed by atoms with Crippen molar-refractivity contribution in [2.24, 2.45) is 35.0 Å². The quantitative estimate of drug-likeness (QED) is 0.589. The summed E-state index contributed by atoms with van der Waals surface area (Å²) in [5.74, 6) is 4.17. The molecule has 0 amide bonds. The maximum atomic E-state index is 12.9. The third-order valence-corrected chi connectivity index (χ3v) is 9.70. The van der Waals surface area contributed by atoms with Gasteiger partial charge in [-0.2, -0.15) is 0 Å². The average molecular weight is 414 g/mol. The van der Waals surface area contributed by atoms with Crippen molar-refractivity contribution in [3.05, 3.63) is 24.0 Å². The summed E-state index contributed by atoms with van der Waals surface area (Å²) in [6, 6.07) is 0. The number of carbonyl (C=O) groups is 1. The topological polar surface area (TPSA) is 38.8 Å². The average Bonchev–Trinajstić information content (AvgIpc) is 3.09. The van der Waals surface area contributed by atoms with Crippen LogP contribution in [0.5, 0.6) is 0 Å². The van der Waals surface area contributed by atoms with Crippen molar-refractivity contribution in [3.63, 3.8) is 0 Å². The molecule has 0 radical (unpaired) electrons. The van der Waals surface area contributed by atoms with Crippen LogP contribution in [0.4, 0.5) is 0 Å². The first kappa shape index (κ1) is 20.6. The van der Waals surface area contributed by atoms with Crippen molar-refractivity contribution in [1.82, 2.24) is 4.90 Å². The smallest absolute Gasteiger partial charge is 0.336 e. The maximum Gasteiger partial charge on any atom is 0.336 e. The number of hydrogen-bond acceptors (Lipinski definition) is 4. The fourth-order valence-corrected chi connectivity index (χ4v) is 8.20. The molecule has 1 aliphatic heterocycles. The Hall–Kier alpha value is -1.29. The first-order valence-electron chi connectivity index (χ1n) is 12.3. The van der Waals surface area contributed by atoms with Crippen LogP contribution in [0.15, 0.2) is 24.0 Å². The number of methoxy groups -OCH3 is 1. The Morgan fingerprint density at radius 3 is 2.70 bits per heavy atom. The highest BCUT2D eigenvalue weighted by Gasteiger charge is 2.58. The molecule has 166 valence electrons. The molecule has 0 spiro atoms. The van der Waals surface area contributed by atoms with Gasteiger partial charge in [0.25, 0.3) is 0 Å². The van der Waals surface area contributed by atoms with Gasteiger partial charge in [-0.3, -0.25) is 0 Å². The Morgan fingerprint density at radius 2 is 1.90 bits per heavy atom. The third kappa shape index (κ3) is 3.43. The lowest BCUT2D eigenvalue weighted by molar-refractivity contribution is -0.156. The second-order valence-corrected chi connectivity index (χ2v) is 11.0. The number of nitrogens with zero attached hydrogens (tertiary/aromatic N) is 1. The van der Waals surface area contributed by atoms with Crippen LogP contribution in [-0.4, -0.2) is 37.2 Å². The van der Waals surface area contributed by atoms with Crippen molar-refractivity contribution in [2.75, 3.05) is 14.2 Å². The predicted molar refractivity (Wildman–Crippen MR) is 117 cm³/mol. The second kappa shape index (κ2) is 8.00. The van der Waals surface area contributed by atoms with Crippen LogP contribution in [0.3, 0.4) is 0 Å². The van der Waals surface area contributed by atoms with E-state index >= 15 is 0 Å². The van der Waals surface area contributed by atoms with Crippen LogP contribution in [-0.2, 0) is 14.3 Å². The molecule has 4 saturated carbocycles. The number of ether oxygens (including phenoxy) is 2. The molecule has 4 nitrogen and oxygen atoms in total. The van der Waals surface area contributed by atoms with Gasteiger partial charge >= 0.3 is 5.97 Å². The van der Waals surface area contributed by atoms with Crippen molar-refractivity contribution < 1.29 is 14.3 Å². The first-order chi connectivity index (χ1) is 14.5. The van der Waals surface area contributed by atoms with E-state index in [4.69, 9.17) is 9.47 Å². The molecule has 5 aliphatic rings. The van der Waals surface area contributed by atoms with E-state index < -0.39 is 0 Å². The SMILES string of the molecule is COC1CCC2C(CCC3C2CCC2(C)C(OC(=O)C4=CN(C)C=CC4)CCC32)C1. The molecule has 0 N–H and O–H groups in total. The second-order valence-electron chi connectivity index (χ2n) is 11.0. The molecular weight excluding hydrogens is 374 g/mol. The van der Waals surface area contributed by atoms with E-state index in [9.17, 15) is 4.79 Å². The molecule has 0 bridgehead atoms. The van der Waals surface area contributed by atoms with Gasteiger partial charge in [-0.15, -0.1) is 0 Å². The van der Waals surface area contributed by atoms with Crippen molar-refractivity contribution in [1.29, 1.82) is 0 Å². The van der Waals surface area contributed by atoms with Gasteiger partial charge in [0, 0.05) is 32.2 Å². The van der Waals surface area contributed by atoms with Crippen molar-refractivity contribution in [2.45, 2.75) is 83.3 Å². The van der Waals surface area contributed by atoms with E-state index in [-0.39, 0.29) is 17.5 Å². The number of rotatable bonds is 3. The molecule has 0 aromatic heterocycles. The van der Waals surface area contributed by atoms with Crippen LogP contribution in [0.1, 0.15) is 71.1 Å². The van der Waals surface area contributed by atoms with E-state index in [2.05, 4.69) is 6.92 Å². The van der Waals surface area contributed by atoms with Crippen molar-refractivity contribution in [3.8, 4) is 0 Å². The minimum absolute atomic E-state index is 0.0926. The van der Waals surface area contributed by atoms with E-state index in [0.29, 0.717) is 12.5 Å². The Labute approximate surface area is 182 Å². The monoisotopic (exact) mass is 413 g/mol. The zero-order valence-electron chi connectivity index (χ0n) is 19.0. The van der Waals surface area contributed by atoms with Gasteiger partial charge in [0.05, 0.1) is 11.7 Å².